The van der Waals surface area contributed by atoms with Gasteiger partial charge in [0.25, 0.3) is 0 Å². The van der Waals surface area contributed by atoms with Crippen molar-refractivity contribution in [2.45, 2.75) is 38.4 Å². The largest absolute Gasteiger partial charge is 0.497 e. The summed E-state index contributed by atoms with van der Waals surface area (Å²) in [6.45, 7) is 5.85. The van der Waals surface area contributed by atoms with Crippen LogP contribution in [-0.2, 0) is 23.1 Å². The van der Waals surface area contributed by atoms with Crippen LogP contribution in [-0.4, -0.2) is 39.4 Å². The highest BCUT2D eigenvalue weighted by Crippen LogP contribution is 2.21. The van der Waals surface area contributed by atoms with E-state index in [2.05, 4.69) is 20.8 Å². The number of anilines is 1. The molecule has 0 radical (unpaired) electrons. The molecule has 0 spiro atoms. The maximum absolute atomic E-state index is 12.5. The van der Waals surface area contributed by atoms with Gasteiger partial charge in [0, 0.05) is 12.7 Å². The molecule has 1 aromatic heterocycles. The minimum atomic E-state index is -0.327. The van der Waals surface area contributed by atoms with Gasteiger partial charge in [-0.1, -0.05) is 36.0 Å². The van der Waals surface area contributed by atoms with Crippen molar-refractivity contribution in [2.75, 3.05) is 18.2 Å². The van der Waals surface area contributed by atoms with E-state index in [4.69, 9.17) is 4.74 Å². The molecule has 3 rings (SSSR count). The topological polar surface area (TPSA) is 98.1 Å². The number of rotatable bonds is 9. The van der Waals surface area contributed by atoms with Crippen LogP contribution in [0.5, 0.6) is 5.75 Å². The van der Waals surface area contributed by atoms with E-state index in [1.54, 1.807) is 11.7 Å². The Morgan fingerprint density at radius 1 is 1.09 bits per heavy atom. The molecule has 0 saturated heterocycles. The summed E-state index contributed by atoms with van der Waals surface area (Å²) >= 11 is 1.30. The Balaban J connectivity index is 1.54. The molecular formula is C24H29N5O3S. The first-order valence-corrected chi connectivity index (χ1v) is 11.6. The number of carbonyl (C=O) groups is 2. The molecule has 0 aliphatic heterocycles. The fourth-order valence-corrected chi connectivity index (χ4v) is 4.04. The summed E-state index contributed by atoms with van der Waals surface area (Å²) in [5, 5.41) is 14.9. The average Bonchev–Trinajstić information content (AvgIpc) is 3.16. The van der Waals surface area contributed by atoms with Gasteiger partial charge in [-0.2, -0.15) is 0 Å². The number of benzene rings is 2. The van der Waals surface area contributed by atoms with Crippen molar-refractivity contribution in [1.29, 1.82) is 0 Å². The van der Waals surface area contributed by atoms with Crippen LogP contribution in [0.25, 0.3) is 0 Å². The standard InChI is InChI=1S/C24H29N5O3S/c1-15-7-6-8-20(16(15)2)26-22(31)14-33-24-28-27-23(29(24)4)17(3)25-21(30)13-18-9-11-19(32-5)12-10-18/h6-12,17H,13-14H2,1-5H3,(H,25,30)(H,26,31). The van der Waals surface area contributed by atoms with Crippen LogP contribution < -0.4 is 15.4 Å². The lowest BCUT2D eigenvalue weighted by Gasteiger charge is -2.14. The number of carbonyl (C=O) groups excluding carboxylic acids is 2. The number of ether oxygens (including phenoxy) is 1. The molecule has 2 N–H and O–H groups in total. The number of nitrogens with one attached hydrogen (secondary N) is 2. The van der Waals surface area contributed by atoms with Gasteiger partial charge >= 0.3 is 0 Å². The Labute approximate surface area is 198 Å². The SMILES string of the molecule is COc1ccc(CC(=O)NC(C)c2nnc(SCC(=O)Nc3cccc(C)c3C)n2C)cc1. The summed E-state index contributed by atoms with van der Waals surface area (Å²) in [6.07, 6.45) is 0.256. The molecule has 9 heteroatoms. The van der Waals surface area contributed by atoms with E-state index in [0.29, 0.717) is 11.0 Å². The number of thioether (sulfide) groups is 1. The van der Waals surface area contributed by atoms with Gasteiger partial charge in [0.15, 0.2) is 11.0 Å². The molecule has 2 amide bonds. The van der Waals surface area contributed by atoms with Gasteiger partial charge in [-0.15, -0.1) is 10.2 Å². The minimum Gasteiger partial charge on any atom is -0.497 e. The summed E-state index contributed by atoms with van der Waals surface area (Å²) < 4.78 is 6.94. The number of methoxy groups -OCH3 is 1. The predicted octanol–water partition coefficient (Wildman–Crippen LogP) is 3.59. The Bertz CT molecular complexity index is 1130. The summed E-state index contributed by atoms with van der Waals surface area (Å²) in [6, 6.07) is 12.9. The second-order valence-corrected chi connectivity index (χ2v) is 8.74. The highest BCUT2D eigenvalue weighted by atomic mass is 32.2. The third-order valence-electron chi connectivity index (χ3n) is 5.37. The van der Waals surface area contributed by atoms with E-state index in [1.165, 1.54) is 11.8 Å². The lowest BCUT2D eigenvalue weighted by Crippen LogP contribution is -2.29. The molecule has 1 unspecified atom stereocenters. The normalized spacial score (nSPS) is 11.7. The third kappa shape index (κ3) is 6.35. The van der Waals surface area contributed by atoms with Gasteiger partial charge in [-0.05, 0) is 55.7 Å². The fraction of sp³-hybridized carbons (Fsp3) is 0.333. The second kappa shape index (κ2) is 11.0. The Hall–Kier alpha value is -3.33. The molecule has 0 aliphatic rings. The molecule has 1 atom stereocenters. The maximum atomic E-state index is 12.5. The van der Waals surface area contributed by atoms with E-state index in [-0.39, 0.29) is 30.0 Å². The number of amides is 2. The lowest BCUT2D eigenvalue weighted by atomic mass is 10.1. The summed E-state index contributed by atoms with van der Waals surface area (Å²) in [5.41, 5.74) is 3.88. The van der Waals surface area contributed by atoms with Gasteiger partial charge in [0.1, 0.15) is 5.75 Å². The lowest BCUT2D eigenvalue weighted by molar-refractivity contribution is -0.121. The van der Waals surface area contributed by atoms with Crippen molar-refractivity contribution in [3.8, 4) is 5.75 Å². The Morgan fingerprint density at radius 2 is 1.82 bits per heavy atom. The van der Waals surface area contributed by atoms with E-state index in [9.17, 15) is 9.59 Å². The van der Waals surface area contributed by atoms with Gasteiger partial charge in [0.2, 0.25) is 11.8 Å². The number of hydrogen-bond acceptors (Lipinski definition) is 6. The molecule has 1 heterocycles. The quantitative estimate of drug-likeness (QED) is 0.467. The van der Waals surface area contributed by atoms with Crippen molar-refractivity contribution < 1.29 is 14.3 Å². The number of aryl methyl sites for hydroxylation is 1. The molecule has 2 aromatic carbocycles. The zero-order valence-corrected chi connectivity index (χ0v) is 20.3. The highest BCUT2D eigenvalue weighted by molar-refractivity contribution is 7.99. The molecule has 174 valence electrons. The molecule has 3 aromatic rings. The van der Waals surface area contributed by atoms with E-state index >= 15 is 0 Å². The van der Waals surface area contributed by atoms with Crippen molar-refractivity contribution in [1.82, 2.24) is 20.1 Å². The van der Waals surface area contributed by atoms with Crippen LogP contribution in [0.3, 0.4) is 0 Å². The van der Waals surface area contributed by atoms with Crippen molar-refractivity contribution in [3.63, 3.8) is 0 Å². The molecule has 0 bridgehead atoms. The zero-order chi connectivity index (χ0) is 24.0. The van der Waals surface area contributed by atoms with Crippen molar-refractivity contribution >= 4 is 29.3 Å². The van der Waals surface area contributed by atoms with Crippen LogP contribution >= 0.6 is 11.8 Å². The molecule has 33 heavy (non-hydrogen) atoms. The Morgan fingerprint density at radius 3 is 2.52 bits per heavy atom. The van der Waals surface area contributed by atoms with Gasteiger partial charge in [-0.25, -0.2) is 0 Å². The first kappa shape index (κ1) is 24.3. The fourth-order valence-electron chi connectivity index (χ4n) is 3.32. The smallest absolute Gasteiger partial charge is 0.234 e. The second-order valence-electron chi connectivity index (χ2n) is 7.80. The molecule has 8 nitrogen and oxygen atoms in total. The highest BCUT2D eigenvalue weighted by Gasteiger charge is 2.19. The summed E-state index contributed by atoms with van der Waals surface area (Å²) in [4.78, 5) is 24.9. The molecular weight excluding hydrogens is 438 g/mol. The molecule has 0 fully saturated rings. The first-order chi connectivity index (χ1) is 15.8. The van der Waals surface area contributed by atoms with E-state index in [1.807, 2.05) is 70.3 Å². The van der Waals surface area contributed by atoms with Gasteiger partial charge < -0.3 is 19.9 Å². The minimum absolute atomic E-state index is 0.112. The van der Waals surface area contributed by atoms with Crippen LogP contribution in [0.15, 0.2) is 47.6 Å². The number of nitrogens with zero attached hydrogens (tertiary/aromatic N) is 3. The zero-order valence-electron chi connectivity index (χ0n) is 19.5. The molecule has 0 saturated carbocycles. The van der Waals surface area contributed by atoms with Gasteiger partial charge in [0.05, 0.1) is 25.3 Å². The number of aromatic nitrogens is 3. The van der Waals surface area contributed by atoms with Crippen LogP contribution in [0, 0.1) is 13.8 Å². The van der Waals surface area contributed by atoms with E-state index in [0.717, 1.165) is 28.1 Å². The molecule has 0 aliphatic carbocycles. The van der Waals surface area contributed by atoms with Crippen LogP contribution in [0.2, 0.25) is 0 Å². The van der Waals surface area contributed by atoms with Crippen LogP contribution in [0.4, 0.5) is 5.69 Å². The van der Waals surface area contributed by atoms with Crippen molar-refractivity contribution in [2.24, 2.45) is 7.05 Å². The monoisotopic (exact) mass is 467 g/mol. The first-order valence-electron chi connectivity index (χ1n) is 10.6. The Kier molecular flexibility index (Phi) is 8.11. The van der Waals surface area contributed by atoms with E-state index < -0.39 is 0 Å². The maximum Gasteiger partial charge on any atom is 0.234 e. The van der Waals surface area contributed by atoms with Gasteiger partial charge in [-0.3, -0.25) is 9.59 Å². The summed E-state index contributed by atoms with van der Waals surface area (Å²) in [5.74, 6) is 1.35. The number of hydrogen-bond donors (Lipinski definition) is 2. The predicted molar refractivity (Wildman–Crippen MR) is 130 cm³/mol. The average molecular weight is 468 g/mol. The van der Waals surface area contributed by atoms with Crippen molar-refractivity contribution in [3.05, 3.63) is 65.0 Å². The van der Waals surface area contributed by atoms with Crippen LogP contribution in [0.1, 0.15) is 35.5 Å². The third-order valence-corrected chi connectivity index (χ3v) is 6.39. The summed E-state index contributed by atoms with van der Waals surface area (Å²) in [7, 11) is 3.43.